The number of amides is 2. The molecule has 1 rings (SSSR count). The van der Waals surface area contributed by atoms with Crippen molar-refractivity contribution in [1.82, 2.24) is 20.5 Å². The van der Waals surface area contributed by atoms with Gasteiger partial charge in [0.2, 0.25) is 0 Å². The molecule has 0 bridgehead atoms. The molecule has 0 aromatic carbocycles. The van der Waals surface area contributed by atoms with Crippen LogP contribution in [0.5, 0.6) is 0 Å². The van der Waals surface area contributed by atoms with Crippen LogP contribution in [-0.4, -0.2) is 55.4 Å². The Morgan fingerprint density at radius 3 is 2.40 bits per heavy atom. The molecule has 0 spiro atoms. The number of pyridine rings is 1. The lowest BCUT2D eigenvalue weighted by molar-refractivity contribution is 0.0944. The summed E-state index contributed by atoms with van der Waals surface area (Å²) < 4.78 is 0. The van der Waals surface area contributed by atoms with Crippen LogP contribution in [0.4, 0.5) is 0 Å². The van der Waals surface area contributed by atoms with Crippen molar-refractivity contribution < 1.29 is 9.59 Å². The zero-order valence-electron chi connectivity index (χ0n) is 11.8. The Kier molecular flexibility index (Phi) is 6.39. The number of hydrogen-bond acceptors (Lipinski definition) is 4. The van der Waals surface area contributed by atoms with Crippen LogP contribution in [0.2, 0.25) is 0 Å². The average Bonchev–Trinajstić information content (AvgIpc) is 2.44. The predicted octanol–water partition coefficient (Wildman–Crippen LogP) is 0.289. The molecule has 6 heteroatoms. The zero-order chi connectivity index (χ0) is 15.0. The SMILES string of the molecule is C=CCNC(=O)c1cccc(C(=O)NCCN(C)C)n1. The maximum Gasteiger partial charge on any atom is 0.270 e. The standard InChI is InChI=1S/C14H20N4O2/c1-4-8-15-13(19)11-6-5-7-12(17-11)14(20)16-9-10-18(2)3/h4-7H,1,8-10H2,2-3H3,(H,15,19)(H,16,20). The molecule has 0 aliphatic rings. The number of hydrogen-bond donors (Lipinski definition) is 2. The summed E-state index contributed by atoms with van der Waals surface area (Å²) in [5, 5.41) is 5.36. The van der Waals surface area contributed by atoms with Crippen molar-refractivity contribution in [3.8, 4) is 0 Å². The summed E-state index contributed by atoms with van der Waals surface area (Å²) in [5.74, 6) is -0.613. The Labute approximate surface area is 118 Å². The molecule has 0 radical (unpaired) electrons. The first-order valence-electron chi connectivity index (χ1n) is 6.33. The lowest BCUT2D eigenvalue weighted by atomic mass is 10.2. The Morgan fingerprint density at radius 2 is 1.85 bits per heavy atom. The summed E-state index contributed by atoms with van der Waals surface area (Å²) in [4.78, 5) is 29.6. The van der Waals surface area contributed by atoms with Gasteiger partial charge in [0.05, 0.1) is 0 Å². The van der Waals surface area contributed by atoms with Gasteiger partial charge in [-0.05, 0) is 26.2 Å². The zero-order valence-corrected chi connectivity index (χ0v) is 11.8. The molecule has 0 saturated heterocycles. The minimum absolute atomic E-state index is 0.215. The fraction of sp³-hybridized carbons (Fsp3) is 0.357. The highest BCUT2D eigenvalue weighted by atomic mass is 16.2. The Morgan fingerprint density at radius 1 is 1.25 bits per heavy atom. The van der Waals surface area contributed by atoms with Crippen molar-refractivity contribution in [1.29, 1.82) is 0 Å². The second kappa shape index (κ2) is 8.06. The molecule has 0 atom stereocenters. The molecule has 6 nitrogen and oxygen atoms in total. The van der Waals surface area contributed by atoms with E-state index in [4.69, 9.17) is 0 Å². The third kappa shape index (κ3) is 5.19. The van der Waals surface area contributed by atoms with Gasteiger partial charge >= 0.3 is 0 Å². The van der Waals surface area contributed by atoms with Crippen molar-refractivity contribution in [2.75, 3.05) is 33.7 Å². The number of rotatable bonds is 7. The predicted molar refractivity (Wildman–Crippen MR) is 77.7 cm³/mol. The normalized spacial score (nSPS) is 10.2. The first-order chi connectivity index (χ1) is 9.54. The quantitative estimate of drug-likeness (QED) is 0.702. The van der Waals surface area contributed by atoms with Crippen LogP contribution < -0.4 is 10.6 Å². The largest absolute Gasteiger partial charge is 0.349 e. The molecule has 1 aromatic heterocycles. The highest BCUT2D eigenvalue weighted by Crippen LogP contribution is 1.99. The summed E-state index contributed by atoms with van der Waals surface area (Å²) >= 11 is 0. The molecular formula is C14H20N4O2. The summed E-state index contributed by atoms with van der Waals surface area (Å²) in [6.07, 6.45) is 1.58. The summed E-state index contributed by atoms with van der Waals surface area (Å²) in [6, 6.07) is 4.78. The van der Waals surface area contributed by atoms with E-state index in [1.807, 2.05) is 19.0 Å². The van der Waals surface area contributed by atoms with E-state index in [0.29, 0.717) is 13.1 Å². The highest BCUT2D eigenvalue weighted by molar-refractivity contribution is 5.96. The van der Waals surface area contributed by atoms with Crippen LogP contribution >= 0.6 is 0 Å². The summed E-state index contributed by atoms with van der Waals surface area (Å²) in [7, 11) is 3.85. The van der Waals surface area contributed by atoms with Crippen LogP contribution in [0.25, 0.3) is 0 Å². The van der Waals surface area contributed by atoms with Crippen molar-refractivity contribution in [2.24, 2.45) is 0 Å². The van der Waals surface area contributed by atoms with Gasteiger partial charge in [0.15, 0.2) is 0 Å². The number of carbonyl (C=O) groups excluding carboxylic acids is 2. The number of likely N-dealkylation sites (N-methyl/N-ethyl adjacent to an activating group) is 1. The summed E-state index contributed by atoms with van der Waals surface area (Å²) in [6.45, 7) is 5.15. The fourth-order valence-electron chi connectivity index (χ4n) is 1.43. The minimum atomic E-state index is -0.326. The molecule has 2 N–H and O–H groups in total. The van der Waals surface area contributed by atoms with E-state index in [9.17, 15) is 9.59 Å². The van der Waals surface area contributed by atoms with Gasteiger partial charge in [-0.3, -0.25) is 9.59 Å². The molecule has 0 saturated carbocycles. The van der Waals surface area contributed by atoms with Crippen LogP contribution in [-0.2, 0) is 0 Å². The van der Waals surface area contributed by atoms with Gasteiger partial charge in [-0.25, -0.2) is 4.98 Å². The van der Waals surface area contributed by atoms with Crippen LogP contribution in [0.1, 0.15) is 21.0 Å². The van der Waals surface area contributed by atoms with Crippen LogP contribution in [0.3, 0.4) is 0 Å². The number of nitrogens with one attached hydrogen (secondary N) is 2. The first kappa shape index (κ1) is 15.8. The Balaban J connectivity index is 2.64. The molecule has 2 amide bonds. The maximum atomic E-state index is 11.9. The van der Waals surface area contributed by atoms with Gasteiger partial charge in [0, 0.05) is 19.6 Å². The summed E-state index contributed by atoms with van der Waals surface area (Å²) in [5.41, 5.74) is 0.446. The molecule has 0 unspecified atom stereocenters. The maximum absolute atomic E-state index is 11.9. The fourth-order valence-corrected chi connectivity index (χ4v) is 1.43. The smallest absolute Gasteiger partial charge is 0.270 e. The van der Waals surface area contributed by atoms with Crippen LogP contribution in [0.15, 0.2) is 30.9 Å². The molecule has 0 aliphatic carbocycles. The third-order valence-electron chi connectivity index (χ3n) is 2.47. The van der Waals surface area contributed by atoms with Gasteiger partial charge in [0.25, 0.3) is 11.8 Å². The van der Waals surface area contributed by atoms with Crippen molar-refractivity contribution in [2.45, 2.75) is 0 Å². The van der Waals surface area contributed by atoms with Crippen molar-refractivity contribution in [3.63, 3.8) is 0 Å². The topological polar surface area (TPSA) is 74.3 Å². The number of nitrogens with zero attached hydrogens (tertiary/aromatic N) is 2. The van der Waals surface area contributed by atoms with E-state index >= 15 is 0 Å². The Bertz CT molecular complexity index is 486. The second-order valence-electron chi connectivity index (χ2n) is 4.47. The van der Waals surface area contributed by atoms with E-state index < -0.39 is 0 Å². The van der Waals surface area contributed by atoms with Crippen molar-refractivity contribution >= 4 is 11.8 Å². The van der Waals surface area contributed by atoms with E-state index in [0.717, 1.165) is 6.54 Å². The molecule has 0 fully saturated rings. The number of carbonyl (C=O) groups is 2. The average molecular weight is 276 g/mol. The Hall–Kier alpha value is -2.21. The van der Waals surface area contributed by atoms with E-state index in [2.05, 4.69) is 22.2 Å². The van der Waals surface area contributed by atoms with Crippen LogP contribution in [0, 0.1) is 0 Å². The van der Waals surface area contributed by atoms with E-state index in [1.54, 1.807) is 24.3 Å². The lowest BCUT2D eigenvalue weighted by Gasteiger charge is -2.10. The lowest BCUT2D eigenvalue weighted by Crippen LogP contribution is -2.32. The molecule has 20 heavy (non-hydrogen) atoms. The molecule has 108 valence electrons. The van der Waals surface area contributed by atoms with Gasteiger partial charge in [0.1, 0.15) is 11.4 Å². The van der Waals surface area contributed by atoms with Gasteiger partial charge in [-0.1, -0.05) is 12.1 Å². The minimum Gasteiger partial charge on any atom is -0.349 e. The van der Waals surface area contributed by atoms with Gasteiger partial charge in [-0.15, -0.1) is 6.58 Å². The van der Waals surface area contributed by atoms with Gasteiger partial charge < -0.3 is 15.5 Å². The molecule has 0 aliphatic heterocycles. The molecular weight excluding hydrogens is 256 g/mol. The highest BCUT2D eigenvalue weighted by Gasteiger charge is 2.11. The van der Waals surface area contributed by atoms with Gasteiger partial charge in [-0.2, -0.15) is 0 Å². The first-order valence-corrected chi connectivity index (χ1v) is 6.33. The van der Waals surface area contributed by atoms with E-state index in [1.165, 1.54) is 0 Å². The molecule has 1 heterocycles. The number of aromatic nitrogens is 1. The third-order valence-corrected chi connectivity index (χ3v) is 2.47. The monoisotopic (exact) mass is 276 g/mol. The molecule has 1 aromatic rings. The van der Waals surface area contributed by atoms with E-state index in [-0.39, 0.29) is 23.2 Å². The van der Waals surface area contributed by atoms with Crippen molar-refractivity contribution in [3.05, 3.63) is 42.2 Å². The second-order valence-corrected chi connectivity index (χ2v) is 4.47.